The SMILES string of the molecule is CC(Oc1ccc(N(C)S(C)(=O)=O)cc1)C(=O)N1CCN(c2ccc(F)cc2)CC1. The molecule has 1 aliphatic heterocycles. The first-order valence-electron chi connectivity index (χ1n) is 9.65. The van der Waals surface area contributed by atoms with Crippen LogP contribution in [0.3, 0.4) is 0 Å². The van der Waals surface area contributed by atoms with Crippen LogP contribution in [0.5, 0.6) is 5.75 Å². The van der Waals surface area contributed by atoms with Gasteiger partial charge >= 0.3 is 0 Å². The van der Waals surface area contributed by atoms with Crippen molar-refractivity contribution in [1.29, 1.82) is 0 Å². The molecule has 9 heteroatoms. The number of sulfonamides is 1. The van der Waals surface area contributed by atoms with Gasteiger partial charge in [0, 0.05) is 38.9 Å². The van der Waals surface area contributed by atoms with E-state index in [0.717, 1.165) is 11.9 Å². The molecule has 0 N–H and O–H groups in total. The summed E-state index contributed by atoms with van der Waals surface area (Å²) >= 11 is 0. The van der Waals surface area contributed by atoms with Crippen molar-refractivity contribution in [3.05, 3.63) is 54.3 Å². The zero-order chi connectivity index (χ0) is 21.9. The second-order valence-corrected chi connectivity index (χ2v) is 9.29. The second-order valence-electron chi connectivity index (χ2n) is 7.27. The number of amides is 1. The maximum Gasteiger partial charge on any atom is 0.263 e. The van der Waals surface area contributed by atoms with Gasteiger partial charge in [-0.25, -0.2) is 12.8 Å². The molecule has 1 saturated heterocycles. The Hall–Kier alpha value is -2.81. The average Bonchev–Trinajstić information content (AvgIpc) is 2.73. The van der Waals surface area contributed by atoms with Crippen molar-refractivity contribution in [2.24, 2.45) is 0 Å². The van der Waals surface area contributed by atoms with E-state index < -0.39 is 16.1 Å². The van der Waals surface area contributed by atoms with E-state index in [2.05, 4.69) is 4.90 Å². The number of halogens is 1. The van der Waals surface area contributed by atoms with Crippen LogP contribution in [0, 0.1) is 5.82 Å². The zero-order valence-corrected chi connectivity index (χ0v) is 18.1. The van der Waals surface area contributed by atoms with Crippen molar-refractivity contribution in [2.45, 2.75) is 13.0 Å². The highest BCUT2D eigenvalue weighted by atomic mass is 32.2. The van der Waals surface area contributed by atoms with Crippen molar-refractivity contribution in [2.75, 3.05) is 48.7 Å². The fourth-order valence-electron chi connectivity index (χ4n) is 3.27. The van der Waals surface area contributed by atoms with Crippen LogP contribution < -0.4 is 13.9 Å². The molecule has 1 fully saturated rings. The van der Waals surface area contributed by atoms with Gasteiger partial charge in [0.1, 0.15) is 11.6 Å². The molecule has 0 spiro atoms. The van der Waals surface area contributed by atoms with Gasteiger partial charge in [-0.3, -0.25) is 9.10 Å². The first-order valence-corrected chi connectivity index (χ1v) is 11.5. The molecule has 0 saturated carbocycles. The Bertz CT molecular complexity index is 972. The fourth-order valence-corrected chi connectivity index (χ4v) is 3.78. The van der Waals surface area contributed by atoms with Gasteiger partial charge in [0.2, 0.25) is 10.0 Å². The summed E-state index contributed by atoms with van der Waals surface area (Å²) < 4.78 is 43.2. The third-order valence-corrected chi connectivity index (χ3v) is 6.35. The van der Waals surface area contributed by atoms with Crippen LogP contribution in [0.1, 0.15) is 6.92 Å². The Balaban J connectivity index is 1.54. The molecule has 1 amide bonds. The molecule has 0 aliphatic carbocycles. The monoisotopic (exact) mass is 435 g/mol. The van der Waals surface area contributed by atoms with Crippen LogP contribution >= 0.6 is 0 Å². The van der Waals surface area contributed by atoms with Crippen molar-refractivity contribution in [1.82, 2.24) is 4.90 Å². The maximum atomic E-state index is 13.1. The van der Waals surface area contributed by atoms with E-state index in [4.69, 9.17) is 4.74 Å². The maximum absolute atomic E-state index is 13.1. The van der Waals surface area contributed by atoms with E-state index in [1.54, 1.807) is 48.2 Å². The number of rotatable bonds is 6. The van der Waals surface area contributed by atoms with E-state index in [9.17, 15) is 17.6 Å². The Kier molecular flexibility index (Phi) is 6.50. The minimum absolute atomic E-state index is 0.105. The number of carbonyl (C=O) groups is 1. The number of anilines is 2. The van der Waals surface area contributed by atoms with E-state index in [0.29, 0.717) is 37.6 Å². The first-order chi connectivity index (χ1) is 14.1. The number of hydrogen-bond acceptors (Lipinski definition) is 5. The van der Waals surface area contributed by atoms with Gasteiger partial charge in [-0.05, 0) is 55.5 Å². The molecule has 0 aromatic heterocycles. The van der Waals surface area contributed by atoms with E-state index >= 15 is 0 Å². The minimum atomic E-state index is -3.34. The summed E-state index contributed by atoms with van der Waals surface area (Å²) in [5, 5.41) is 0. The third kappa shape index (κ3) is 5.21. The van der Waals surface area contributed by atoms with Crippen molar-refractivity contribution in [3.8, 4) is 5.75 Å². The Morgan fingerprint density at radius 2 is 1.60 bits per heavy atom. The lowest BCUT2D eigenvalue weighted by molar-refractivity contribution is -0.138. The minimum Gasteiger partial charge on any atom is -0.481 e. The molecule has 30 heavy (non-hydrogen) atoms. The predicted octanol–water partition coefficient (Wildman–Crippen LogP) is 2.34. The van der Waals surface area contributed by atoms with Crippen LogP contribution in [0.25, 0.3) is 0 Å². The van der Waals surface area contributed by atoms with Gasteiger partial charge in [0.05, 0.1) is 11.9 Å². The topological polar surface area (TPSA) is 70.2 Å². The summed E-state index contributed by atoms with van der Waals surface area (Å²) in [5.41, 5.74) is 1.45. The fraction of sp³-hybridized carbons (Fsp3) is 0.381. The number of benzene rings is 2. The summed E-state index contributed by atoms with van der Waals surface area (Å²) in [4.78, 5) is 16.6. The Morgan fingerprint density at radius 3 is 2.13 bits per heavy atom. The number of ether oxygens (including phenoxy) is 1. The van der Waals surface area contributed by atoms with Crippen molar-refractivity contribution in [3.63, 3.8) is 0 Å². The summed E-state index contributed by atoms with van der Waals surface area (Å²) in [5.74, 6) is 0.118. The van der Waals surface area contributed by atoms with Gasteiger partial charge in [0.25, 0.3) is 5.91 Å². The van der Waals surface area contributed by atoms with Crippen LogP contribution in [0.4, 0.5) is 15.8 Å². The number of nitrogens with zero attached hydrogens (tertiary/aromatic N) is 3. The normalized spacial score (nSPS) is 15.6. The second kappa shape index (κ2) is 8.91. The highest BCUT2D eigenvalue weighted by molar-refractivity contribution is 7.92. The third-order valence-electron chi connectivity index (χ3n) is 5.14. The van der Waals surface area contributed by atoms with Crippen molar-refractivity contribution < 1.29 is 22.3 Å². The molecule has 0 radical (unpaired) electrons. The highest BCUT2D eigenvalue weighted by Gasteiger charge is 2.26. The van der Waals surface area contributed by atoms with Gasteiger partial charge in [-0.1, -0.05) is 0 Å². The van der Waals surface area contributed by atoms with Crippen LogP contribution in [-0.2, 0) is 14.8 Å². The lowest BCUT2D eigenvalue weighted by atomic mass is 10.2. The molecule has 1 heterocycles. The molecule has 2 aromatic carbocycles. The first kappa shape index (κ1) is 21.9. The lowest BCUT2D eigenvalue weighted by Crippen LogP contribution is -2.52. The molecule has 2 aromatic rings. The molecule has 7 nitrogen and oxygen atoms in total. The summed E-state index contributed by atoms with van der Waals surface area (Å²) in [6, 6.07) is 12.9. The van der Waals surface area contributed by atoms with Crippen LogP contribution in [0.2, 0.25) is 0 Å². The van der Waals surface area contributed by atoms with E-state index in [1.807, 2.05) is 0 Å². The van der Waals surface area contributed by atoms with Crippen LogP contribution in [-0.4, -0.2) is 64.8 Å². The standard InChI is InChI=1S/C21H26FN3O4S/c1-16(29-20-10-8-18(9-11-20)23(2)30(3,27)28)21(26)25-14-12-24(13-15-25)19-6-4-17(22)5-7-19/h4-11,16H,12-15H2,1-3H3. The number of hydrogen-bond donors (Lipinski definition) is 0. The zero-order valence-electron chi connectivity index (χ0n) is 17.3. The molecule has 1 aliphatic rings. The Labute approximate surface area is 176 Å². The van der Waals surface area contributed by atoms with Crippen molar-refractivity contribution >= 4 is 27.3 Å². The van der Waals surface area contributed by atoms with Gasteiger partial charge in [-0.15, -0.1) is 0 Å². The molecule has 0 bridgehead atoms. The number of carbonyl (C=O) groups excluding carboxylic acids is 1. The van der Waals surface area contributed by atoms with Crippen LogP contribution in [0.15, 0.2) is 48.5 Å². The van der Waals surface area contributed by atoms with E-state index in [1.165, 1.54) is 23.5 Å². The Morgan fingerprint density at radius 1 is 1.03 bits per heavy atom. The predicted molar refractivity (Wildman–Crippen MR) is 115 cm³/mol. The van der Waals surface area contributed by atoms with Gasteiger partial charge in [-0.2, -0.15) is 0 Å². The molecule has 162 valence electrons. The molecule has 3 rings (SSSR count). The molecule has 1 unspecified atom stereocenters. The molecule has 1 atom stereocenters. The molecular weight excluding hydrogens is 409 g/mol. The van der Waals surface area contributed by atoms with Gasteiger partial charge in [0.15, 0.2) is 6.10 Å². The lowest BCUT2D eigenvalue weighted by Gasteiger charge is -2.37. The van der Waals surface area contributed by atoms with Gasteiger partial charge < -0.3 is 14.5 Å². The quantitative estimate of drug-likeness (QED) is 0.697. The average molecular weight is 436 g/mol. The largest absolute Gasteiger partial charge is 0.481 e. The summed E-state index contributed by atoms with van der Waals surface area (Å²) in [6.45, 7) is 4.14. The summed E-state index contributed by atoms with van der Waals surface area (Å²) in [7, 11) is -1.86. The highest BCUT2D eigenvalue weighted by Crippen LogP contribution is 2.22. The smallest absolute Gasteiger partial charge is 0.263 e. The number of piperazine rings is 1. The summed E-state index contributed by atoms with van der Waals surface area (Å²) in [6.07, 6.45) is 0.467. The van der Waals surface area contributed by atoms with E-state index in [-0.39, 0.29) is 11.7 Å². The molecular formula is C21H26FN3O4S.